The van der Waals surface area contributed by atoms with Crippen molar-refractivity contribution in [3.8, 4) is 0 Å². The van der Waals surface area contributed by atoms with Crippen LogP contribution in [-0.2, 0) is 0 Å². The van der Waals surface area contributed by atoms with Crippen molar-refractivity contribution in [2.75, 3.05) is 26.0 Å². The van der Waals surface area contributed by atoms with E-state index in [1.165, 1.54) is 0 Å². The SMILES string of the molecule is CC(O)CN(C)CC(O)CCl. The van der Waals surface area contributed by atoms with Gasteiger partial charge in [0.15, 0.2) is 0 Å². The Bertz CT molecular complexity index is 100. The maximum absolute atomic E-state index is 9.09. The number of halogens is 1. The molecule has 0 aliphatic rings. The highest BCUT2D eigenvalue weighted by Gasteiger charge is 2.07. The summed E-state index contributed by atoms with van der Waals surface area (Å²) in [7, 11) is 1.84. The Labute approximate surface area is 72.6 Å². The predicted octanol–water partition coefficient (Wildman–Crippen LogP) is -0.101. The molecule has 0 bridgehead atoms. The van der Waals surface area contributed by atoms with Crippen LogP contribution in [0.4, 0.5) is 0 Å². The molecule has 0 aromatic carbocycles. The van der Waals surface area contributed by atoms with Crippen LogP contribution in [0.1, 0.15) is 6.92 Å². The Balaban J connectivity index is 3.43. The third-order valence-corrected chi connectivity index (χ3v) is 1.63. The minimum Gasteiger partial charge on any atom is -0.392 e. The molecule has 0 rings (SSSR count). The van der Waals surface area contributed by atoms with Crippen LogP contribution in [0.3, 0.4) is 0 Å². The molecule has 2 unspecified atom stereocenters. The number of alkyl halides is 1. The second-order valence-electron chi connectivity index (χ2n) is 2.88. The molecule has 2 N–H and O–H groups in total. The molecular weight excluding hydrogens is 166 g/mol. The van der Waals surface area contributed by atoms with Crippen LogP contribution in [-0.4, -0.2) is 53.3 Å². The lowest BCUT2D eigenvalue weighted by Gasteiger charge is -2.20. The molecule has 0 aliphatic heterocycles. The zero-order valence-corrected chi connectivity index (χ0v) is 7.75. The molecule has 0 radical (unpaired) electrons. The fourth-order valence-corrected chi connectivity index (χ4v) is 1.03. The van der Waals surface area contributed by atoms with E-state index < -0.39 is 6.10 Å². The molecule has 0 aromatic heterocycles. The number of hydrogen-bond donors (Lipinski definition) is 2. The highest BCUT2D eigenvalue weighted by molar-refractivity contribution is 6.18. The highest BCUT2D eigenvalue weighted by atomic mass is 35.5. The Morgan fingerprint density at radius 2 is 1.91 bits per heavy atom. The van der Waals surface area contributed by atoms with Gasteiger partial charge in [-0.15, -0.1) is 11.6 Å². The van der Waals surface area contributed by atoms with Crippen LogP contribution in [0, 0.1) is 0 Å². The molecule has 0 saturated carbocycles. The largest absolute Gasteiger partial charge is 0.392 e. The standard InChI is InChI=1S/C7H16ClNO2/c1-6(10)4-9(2)5-7(11)3-8/h6-7,10-11H,3-5H2,1-2H3. The lowest BCUT2D eigenvalue weighted by Crippen LogP contribution is -2.34. The first-order valence-corrected chi connectivity index (χ1v) is 4.20. The second kappa shape index (κ2) is 5.77. The van der Waals surface area contributed by atoms with Gasteiger partial charge in [0, 0.05) is 19.0 Å². The predicted molar refractivity (Wildman–Crippen MR) is 45.9 cm³/mol. The van der Waals surface area contributed by atoms with Gasteiger partial charge in [0.25, 0.3) is 0 Å². The summed E-state index contributed by atoms with van der Waals surface area (Å²) in [6, 6.07) is 0. The van der Waals surface area contributed by atoms with Crippen molar-refractivity contribution in [3.05, 3.63) is 0 Å². The van der Waals surface area contributed by atoms with Crippen molar-refractivity contribution in [2.24, 2.45) is 0 Å². The van der Waals surface area contributed by atoms with Crippen LogP contribution >= 0.6 is 11.6 Å². The number of aliphatic hydroxyl groups excluding tert-OH is 2. The van der Waals surface area contributed by atoms with Gasteiger partial charge < -0.3 is 15.1 Å². The number of aliphatic hydroxyl groups is 2. The second-order valence-corrected chi connectivity index (χ2v) is 3.19. The molecule has 4 heteroatoms. The summed E-state index contributed by atoms with van der Waals surface area (Å²) in [6.07, 6.45) is -0.858. The Kier molecular flexibility index (Phi) is 5.86. The average Bonchev–Trinajstić information content (AvgIpc) is 1.85. The fourth-order valence-electron chi connectivity index (χ4n) is 0.934. The Morgan fingerprint density at radius 3 is 2.27 bits per heavy atom. The molecule has 0 aliphatic carbocycles. The molecule has 0 fully saturated rings. The summed E-state index contributed by atoms with van der Waals surface area (Å²) in [5.41, 5.74) is 0. The molecule has 11 heavy (non-hydrogen) atoms. The van der Waals surface area contributed by atoms with Crippen LogP contribution in [0.2, 0.25) is 0 Å². The van der Waals surface area contributed by atoms with E-state index in [-0.39, 0.29) is 12.0 Å². The molecule has 0 amide bonds. The van der Waals surface area contributed by atoms with Gasteiger partial charge in [0.05, 0.1) is 12.2 Å². The van der Waals surface area contributed by atoms with E-state index >= 15 is 0 Å². The van der Waals surface area contributed by atoms with Crippen LogP contribution < -0.4 is 0 Å². The van der Waals surface area contributed by atoms with Gasteiger partial charge in [-0.05, 0) is 14.0 Å². The summed E-state index contributed by atoms with van der Waals surface area (Å²) < 4.78 is 0. The summed E-state index contributed by atoms with van der Waals surface area (Å²) in [5, 5.41) is 18.0. The van der Waals surface area contributed by atoms with E-state index in [2.05, 4.69) is 0 Å². The fraction of sp³-hybridized carbons (Fsp3) is 1.00. The molecule has 2 atom stereocenters. The quantitative estimate of drug-likeness (QED) is 0.583. The number of rotatable bonds is 5. The minimum absolute atomic E-state index is 0.240. The van der Waals surface area contributed by atoms with E-state index in [1.54, 1.807) is 6.92 Å². The van der Waals surface area contributed by atoms with Crippen molar-refractivity contribution in [3.63, 3.8) is 0 Å². The highest BCUT2D eigenvalue weighted by Crippen LogP contribution is 1.93. The van der Waals surface area contributed by atoms with E-state index in [0.717, 1.165) is 0 Å². The lowest BCUT2D eigenvalue weighted by molar-refractivity contribution is 0.100. The first kappa shape index (κ1) is 11.2. The van der Waals surface area contributed by atoms with Gasteiger partial charge in [-0.2, -0.15) is 0 Å². The van der Waals surface area contributed by atoms with Crippen molar-refractivity contribution in [2.45, 2.75) is 19.1 Å². The van der Waals surface area contributed by atoms with E-state index in [1.807, 2.05) is 11.9 Å². The van der Waals surface area contributed by atoms with Crippen molar-refractivity contribution >= 4 is 11.6 Å². The Morgan fingerprint density at radius 1 is 1.36 bits per heavy atom. The van der Waals surface area contributed by atoms with Crippen LogP contribution in [0.25, 0.3) is 0 Å². The number of hydrogen-bond acceptors (Lipinski definition) is 3. The van der Waals surface area contributed by atoms with Crippen LogP contribution in [0.5, 0.6) is 0 Å². The van der Waals surface area contributed by atoms with Crippen molar-refractivity contribution < 1.29 is 10.2 Å². The first-order valence-electron chi connectivity index (χ1n) is 3.67. The third-order valence-electron chi connectivity index (χ3n) is 1.28. The molecular formula is C7H16ClNO2. The van der Waals surface area contributed by atoms with E-state index in [4.69, 9.17) is 21.8 Å². The van der Waals surface area contributed by atoms with Crippen LogP contribution in [0.15, 0.2) is 0 Å². The summed E-state index contributed by atoms with van der Waals surface area (Å²) in [6.45, 7) is 2.78. The van der Waals surface area contributed by atoms with Gasteiger partial charge >= 0.3 is 0 Å². The Hall–Kier alpha value is 0.170. The molecule has 0 saturated heterocycles. The van der Waals surface area contributed by atoms with Gasteiger partial charge in [0.1, 0.15) is 0 Å². The minimum atomic E-state index is -0.500. The number of likely N-dealkylation sites (N-methyl/N-ethyl adjacent to an activating group) is 1. The molecule has 68 valence electrons. The summed E-state index contributed by atoms with van der Waals surface area (Å²) >= 11 is 5.39. The normalized spacial score (nSPS) is 16.9. The zero-order chi connectivity index (χ0) is 8.85. The van der Waals surface area contributed by atoms with Crippen molar-refractivity contribution in [1.82, 2.24) is 4.90 Å². The van der Waals surface area contributed by atoms with E-state index in [9.17, 15) is 0 Å². The van der Waals surface area contributed by atoms with E-state index in [0.29, 0.717) is 13.1 Å². The molecule has 0 aromatic rings. The monoisotopic (exact) mass is 181 g/mol. The maximum atomic E-state index is 9.09. The average molecular weight is 182 g/mol. The topological polar surface area (TPSA) is 43.7 Å². The molecule has 0 spiro atoms. The van der Waals surface area contributed by atoms with Gasteiger partial charge in [0.2, 0.25) is 0 Å². The van der Waals surface area contributed by atoms with Gasteiger partial charge in [-0.1, -0.05) is 0 Å². The van der Waals surface area contributed by atoms with Gasteiger partial charge in [-0.3, -0.25) is 0 Å². The lowest BCUT2D eigenvalue weighted by atomic mass is 10.3. The van der Waals surface area contributed by atoms with Crippen molar-refractivity contribution in [1.29, 1.82) is 0 Å². The maximum Gasteiger partial charge on any atom is 0.0802 e. The zero-order valence-electron chi connectivity index (χ0n) is 7.00. The summed E-state index contributed by atoms with van der Waals surface area (Å²) in [5.74, 6) is 0.240. The smallest absolute Gasteiger partial charge is 0.0802 e. The van der Waals surface area contributed by atoms with Gasteiger partial charge in [-0.25, -0.2) is 0 Å². The number of nitrogens with zero attached hydrogens (tertiary/aromatic N) is 1. The molecule has 3 nitrogen and oxygen atoms in total. The first-order chi connectivity index (χ1) is 5.06. The summed E-state index contributed by atoms with van der Waals surface area (Å²) in [4.78, 5) is 1.84. The third kappa shape index (κ3) is 6.56. The molecule has 0 heterocycles.